The van der Waals surface area contributed by atoms with E-state index in [1.807, 2.05) is 6.07 Å². The minimum Gasteiger partial charge on any atom is -0.494 e. The van der Waals surface area contributed by atoms with Crippen LogP contribution in [0.2, 0.25) is 10.0 Å². The van der Waals surface area contributed by atoms with Gasteiger partial charge in [-0.3, -0.25) is 10.1 Å². The topological polar surface area (TPSA) is 71.1 Å². The van der Waals surface area contributed by atoms with Crippen LogP contribution in [-0.4, -0.2) is 55.6 Å². The maximum atomic E-state index is 14.3. The Morgan fingerprint density at radius 1 is 1.09 bits per heavy atom. The number of carbonyl (C=O) groups is 2. The summed E-state index contributed by atoms with van der Waals surface area (Å²) in [5.41, 5.74) is 1.78. The third-order valence-electron chi connectivity index (χ3n) is 8.28. The van der Waals surface area contributed by atoms with Gasteiger partial charge in [0, 0.05) is 45.1 Å². The molecule has 43 heavy (non-hydrogen) atoms. The van der Waals surface area contributed by atoms with E-state index in [2.05, 4.69) is 10.2 Å². The van der Waals surface area contributed by atoms with Gasteiger partial charge in [-0.05, 0) is 73.0 Å². The lowest BCUT2D eigenvalue weighted by Gasteiger charge is -2.44. The van der Waals surface area contributed by atoms with Crippen molar-refractivity contribution in [3.8, 4) is 5.75 Å². The number of amides is 2. The van der Waals surface area contributed by atoms with Gasteiger partial charge in [0.25, 0.3) is 0 Å². The van der Waals surface area contributed by atoms with Crippen LogP contribution >= 0.6 is 23.2 Å². The molecule has 11 heteroatoms. The molecule has 3 aromatic rings. The number of methoxy groups -OCH3 is 1. The zero-order valence-corrected chi connectivity index (χ0v) is 25.5. The molecule has 1 atom stereocenters. The van der Waals surface area contributed by atoms with Gasteiger partial charge >= 0.3 is 6.09 Å². The Kier molecular flexibility index (Phi) is 9.44. The number of hydrogen-bond acceptors (Lipinski definition) is 5. The zero-order chi connectivity index (χ0) is 30.7. The summed E-state index contributed by atoms with van der Waals surface area (Å²) >= 11 is 12.5. The molecule has 1 fully saturated rings. The number of likely N-dealkylation sites (N-methyl/N-ethyl adjacent to an activating group) is 1. The van der Waals surface area contributed by atoms with Crippen molar-refractivity contribution >= 4 is 40.9 Å². The predicted molar refractivity (Wildman–Crippen MR) is 162 cm³/mol. The molecule has 1 saturated heterocycles. The summed E-state index contributed by atoms with van der Waals surface area (Å²) in [6, 6.07) is 14.2. The quantitative estimate of drug-likeness (QED) is 0.267. The van der Waals surface area contributed by atoms with E-state index in [4.69, 9.17) is 32.7 Å². The number of piperidine rings is 1. The average Bonchev–Trinajstić information content (AvgIpc) is 2.98. The first-order valence-electron chi connectivity index (χ1n) is 14.1. The summed E-state index contributed by atoms with van der Waals surface area (Å²) in [7, 11) is 3.10. The van der Waals surface area contributed by atoms with Gasteiger partial charge in [-0.1, -0.05) is 35.3 Å². The van der Waals surface area contributed by atoms with Crippen LogP contribution in [0.3, 0.4) is 0 Å². The van der Waals surface area contributed by atoms with E-state index >= 15 is 0 Å². The lowest BCUT2D eigenvalue weighted by molar-refractivity contribution is -0.132. The molecule has 1 spiro atoms. The number of carbonyl (C=O) groups excluding carboxylic acids is 2. The third kappa shape index (κ3) is 6.89. The fourth-order valence-electron chi connectivity index (χ4n) is 5.99. The number of likely N-dealkylation sites (tertiary alicyclic amines) is 1. The summed E-state index contributed by atoms with van der Waals surface area (Å²) in [5.74, 6) is -1.32. The summed E-state index contributed by atoms with van der Waals surface area (Å²) in [6.07, 6.45) is 1.80. The van der Waals surface area contributed by atoms with Crippen LogP contribution in [0.4, 0.5) is 19.3 Å². The van der Waals surface area contributed by atoms with Crippen LogP contribution in [-0.2, 0) is 21.7 Å². The van der Waals surface area contributed by atoms with E-state index in [-0.39, 0.29) is 24.0 Å². The van der Waals surface area contributed by atoms with Gasteiger partial charge in [0.1, 0.15) is 11.4 Å². The Morgan fingerprint density at radius 3 is 2.56 bits per heavy atom. The smallest absolute Gasteiger partial charge is 0.412 e. The van der Waals surface area contributed by atoms with Crippen molar-refractivity contribution in [2.45, 2.75) is 43.7 Å². The first-order valence-corrected chi connectivity index (χ1v) is 14.9. The highest BCUT2D eigenvalue weighted by Crippen LogP contribution is 2.44. The largest absolute Gasteiger partial charge is 0.494 e. The van der Waals surface area contributed by atoms with E-state index in [9.17, 15) is 18.4 Å². The van der Waals surface area contributed by atoms with Crippen LogP contribution in [0.5, 0.6) is 5.75 Å². The van der Waals surface area contributed by atoms with Crippen molar-refractivity contribution in [1.82, 2.24) is 9.80 Å². The Balaban J connectivity index is 1.24. The number of hydrogen-bond donors (Lipinski definition) is 1. The average molecular weight is 633 g/mol. The molecule has 1 N–H and O–H groups in total. The molecule has 1 unspecified atom stereocenters. The maximum Gasteiger partial charge on any atom is 0.412 e. The summed E-state index contributed by atoms with van der Waals surface area (Å²) in [5, 5.41) is 3.43. The van der Waals surface area contributed by atoms with Crippen molar-refractivity contribution < 1.29 is 27.8 Å². The van der Waals surface area contributed by atoms with E-state index in [0.717, 1.165) is 12.1 Å². The number of fused-ring (bicyclic) bond motifs is 2. The van der Waals surface area contributed by atoms with Gasteiger partial charge in [-0.15, -0.1) is 0 Å². The summed E-state index contributed by atoms with van der Waals surface area (Å²) < 4.78 is 39.1. The molecule has 7 nitrogen and oxygen atoms in total. The van der Waals surface area contributed by atoms with Gasteiger partial charge in [0.2, 0.25) is 5.91 Å². The molecule has 0 saturated carbocycles. The minimum atomic E-state index is -0.863. The number of benzene rings is 3. The van der Waals surface area contributed by atoms with E-state index in [0.29, 0.717) is 65.6 Å². The first-order chi connectivity index (χ1) is 20.6. The van der Waals surface area contributed by atoms with Crippen LogP contribution in [0.25, 0.3) is 0 Å². The molecule has 0 aromatic heterocycles. The van der Waals surface area contributed by atoms with Gasteiger partial charge in [-0.2, -0.15) is 0 Å². The Bertz CT molecular complexity index is 1510. The standard InChI is InChI=1S/C32H33Cl2F2N3O4/c1-38(19-20-5-10-29(42-2)27(36)16-20)30(40)23(21-6-8-25(33)26(34)17-21)4-3-13-39-14-11-32(12-15-39)24-18-22(35)7-9-28(24)37-31(41)43-32/h5-10,16-18,23H,3-4,11-15,19H2,1-2H3,(H,37,41). The number of anilines is 1. The summed E-state index contributed by atoms with van der Waals surface area (Å²) in [4.78, 5) is 29.8. The molecule has 2 aliphatic heterocycles. The number of ether oxygens (including phenoxy) is 2. The Morgan fingerprint density at radius 2 is 1.86 bits per heavy atom. The normalized spacial score (nSPS) is 16.7. The van der Waals surface area contributed by atoms with Gasteiger partial charge in [0.05, 0.1) is 28.8 Å². The monoisotopic (exact) mass is 631 g/mol. The highest BCUT2D eigenvalue weighted by molar-refractivity contribution is 6.42. The van der Waals surface area contributed by atoms with Crippen LogP contribution in [0, 0.1) is 11.6 Å². The second-order valence-electron chi connectivity index (χ2n) is 11.1. The van der Waals surface area contributed by atoms with Gasteiger partial charge in [0.15, 0.2) is 11.6 Å². The fourth-order valence-corrected chi connectivity index (χ4v) is 6.29. The minimum absolute atomic E-state index is 0.118. The van der Waals surface area contributed by atoms with E-state index in [1.54, 1.807) is 42.3 Å². The lowest BCUT2D eigenvalue weighted by Crippen LogP contribution is -2.48. The fraction of sp³-hybridized carbons (Fsp3) is 0.375. The molecule has 0 radical (unpaired) electrons. The third-order valence-corrected chi connectivity index (χ3v) is 9.02. The van der Waals surface area contributed by atoms with Crippen LogP contribution in [0.15, 0.2) is 54.6 Å². The van der Waals surface area contributed by atoms with Crippen LogP contribution < -0.4 is 10.1 Å². The Labute approximate surface area is 259 Å². The van der Waals surface area contributed by atoms with Crippen molar-refractivity contribution in [3.05, 3.63) is 93.0 Å². The molecule has 2 amide bonds. The van der Waals surface area contributed by atoms with Gasteiger partial charge in [-0.25, -0.2) is 13.6 Å². The maximum absolute atomic E-state index is 14.3. The van der Waals surface area contributed by atoms with Gasteiger partial charge < -0.3 is 19.3 Å². The molecule has 0 bridgehead atoms. The molecular weight excluding hydrogens is 599 g/mol. The second-order valence-corrected chi connectivity index (χ2v) is 11.9. The molecule has 2 aliphatic rings. The summed E-state index contributed by atoms with van der Waals surface area (Å²) in [6.45, 7) is 2.24. The van der Waals surface area contributed by atoms with Crippen molar-refractivity contribution in [2.75, 3.05) is 39.1 Å². The SMILES string of the molecule is COc1ccc(CN(C)C(=O)C(CCCN2CCC3(CC2)OC(=O)Nc2ccc(F)cc23)c2ccc(Cl)c(Cl)c2)cc1F. The molecule has 0 aliphatic carbocycles. The van der Waals surface area contributed by atoms with Crippen molar-refractivity contribution in [2.24, 2.45) is 0 Å². The van der Waals surface area contributed by atoms with Crippen molar-refractivity contribution in [1.29, 1.82) is 0 Å². The number of nitrogens with one attached hydrogen (secondary N) is 1. The number of rotatable bonds is 9. The zero-order valence-electron chi connectivity index (χ0n) is 24.0. The lowest BCUT2D eigenvalue weighted by atomic mass is 9.82. The Hall–Kier alpha value is -3.40. The highest BCUT2D eigenvalue weighted by atomic mass is 35.5. The van der Waals surface area contributed by atoms with E-state index < -0.39 is 23.4 Å². The molecular formula is C32H33Cl2F2N3O4. The molecule has 2 heterocycles. The first kappa shape index (κ1) is 31.0. The molecule has 3 aromatic carbocycles. The van der Waals surface area contributed by atoms with Crippen LogP contribution in [0.1, 0.15) is 48.3 Å². The molecule has 5 rings (SSSR count). The number of halogens is 4. The second kappa shape index (κ2) is 13.1. The number of nitrogens with zero attached hydrogens (tertiary/aromatic N) is 2. The molecule has 228 valence electrons. The van der Waals surface area contributed by atoms with E-state index in [1.165, 1.54) is 25.3 Å². The predicted octanol–water partition coefficient (Wildman–Crippen LogP) is 7.36. The van der Waals surface area contributed by atoms with Crippen molar-refractivity contribution in [3.63, 3.8) is 0 Å². The highest BCUT2D eigenvalue weighted by Gasteiger charge is 2.44.